The molecule has 2 heterocycles. The van der Waals surface area contributed by atoms with Crippen LogP contribution < -0.4 is 5.32 Å². The van der Waals surface area contributed by atoms with Crippen molar-refractivity contribution in [2.75, 3.05) is 25.0 Å². The maximum absolute atomic E-state index is 12.3. The zero-order valence-corrected chi connectivity index (χ0v) is 16.2. The van der Waals surface area contributed by atoms with E-state index in [1.807, 2.05) is 6.92 Å². The minimum Gasteiger partial charge on any atom is -0.466 e. The van der Waals surface area contributed by atoms with Gasteiger partial charge in [0.05, 0.1) is 24.0 Å². The number of thiazole rings is 1. The molecule has 1 atom stereocenters. The van der Waals surface area contributed by atoms with Gasteiger partial charge in [-0.2, -0.15) is 0 Å². The van der Waals surface area contributed by atoms with E-state index in [0.717, 1.165) is 30.3 Å². The molecule has 0 aromatic carbocycles. The number of ether oxygens (including phenoxy) is 1. The van der Waals surface area contributed by atoms with E-state index in [1.165, 1.54) is 23.1 Å². The first-order valence-corrected chi connectivity index (χ1v) is 10.0. The van der Waals surface area contributed by atoms with Crippen LogP contribution in [-0.2, 0) is 20.7 Å². The summed E-state index contributed by atoms with van der Waals surface area (Å²) in [6, 6.07) is 0. The van der Waals surface area contributed by atoms with Crippen LogP contribution in [0.15, 0.2) is 5.38 Å². The number of thiocarbonyl (C=S) groups is 1. The first-order valence-electron chi connectivity index (χ1n) is 7.86. The van der Waals surface area contributed by atoms with E-state index in [0.29, 0.717) is 17.4 Å². The van der Waals surface area contributed by atoms with E-state index in [2.05, 4.69) is 15.2 Å². The van der Waals surface area contributed by atoms with E-state index in [1.54, 1.807) is 12.3 Å². The Bertz CT molecular complexity index is 600. The predicted octanol–water partition coefficient (Wildman–Crippen LogP) is 2.69. The molecule has 1 aliphatic rings. The lowest BCUT2D eigenvalue weighted by Gasteiger charge is -2.20. The fraction of sp³-hybridized carbons (Fsp3) is 0.600. The van der Waals surface area contributed by atoms with Crippen molar-refractivity contribution in [2.24, 2.45) is 0 Å². The zero-order chi connectivity index (χ0) is 17.5. The number of anilines is 1. The monoisotopic (exact) mass is 387 g/mol. The standard InChI is InChI=1S/C15H21N3O3S3/c1-3-21-12(19)8-11-9-23-14(16-11)17-13(20)10(2)24-15(22)18-6-4-5-7-18/h9-10H,3-8H2,1-2H3,(H,16,17,20). The minimum absolute atomic E-state index is 0.115. The highest BCUT2D eigenvalue weighted by Gasteiger charge is 2.22. The van der Waals surface area contributed by atoms with Gasteiger partial charge in [0.1, 0.15) is 4.32 Å². The van der Waals surface area contributed by atoms with E-state index < -0.39 is 0 Å². The topological polar surface area (TPSA) is 71.5 Å². The number of amides is 1. The lowest BCUT2D eigenvalue weighted by Crippen LogP contribution is -2.29. The molecule has 1 aromatic heterocycles. The van der Waals surface area contributed by atoms with E-state index >= 15 is 0 Å². The fourth-order valence-electron chi connectivity index (χ4n) is 2.19. The molecule has 0 spiro atoms. The molecule has 1 aromatic rings. The van der Waals surface area contributed by atoms with Crippen LogP contribution in [0.2, 0.25) is 0 Å². The molecule has 1 aliphatic heterocycles. The first kappa shape index (κ1) is 19.1. The second-order valence-corrected chi connectivity index (χ2v) is 8.17. The molecule has 0 aliphatic carbocycles. The van der Waals surface area contributed by atoms with Crippen molar-refractivity contribution in [3.05, 3.63) is 11.1 Å². The van der Waals surface area contributed by atoms with Crippen molar-refractivity contribution in [1.29, 1.82) is 0 Å². The van der Waals surface area contributed by atoms with Gasteiger partial charge in [0.25, 0.3) is 0 Å². The summed E-state index contributed by atoms with van der Waals surface area (Å²) in [5, 5.41) is 4.72. The van der Waals surface area contributed by atoms with Crippen LogP contribution in [-0.4, -0.2) is 51.0 Å². The molecule has 1 unspecified atom stereocenters. The van der Waals surface area contributed by atoms with Crippen LogP contribution in [0.25, 0.3) is 0 Å². The van der Waals surface area contributed by atoms with Gasteiger partial charge < -0.3 is 15.0 Å². The zero-order valence-electron chi connectivity index (χ0n) is 13.7. The van der Waals surface area contributed by atoms with Gasteiger partial charge in [-0.25, -0.2) is 4.98 Å². The van der Waals surface area contributed by atoms with Gasteiger partial charge >= 0.3 is 5.97 Å². The Labute approximate surface area is 155 Å². The lowest BCUT2D eigenvalue weighted by atomic mass is 10.3. The average molecular weight is 388 g/mol. The van der Waals surface area contributed by atoms with Crippen molar-refractivity contribution >= 4 is 56.6 Å². The summed E-state index contributed by atoms with van der Waals surface area (Å²) in [6.45, 7) is 5.89. The number of rotatable bonds is 6. The summed E-state index contributed by atoms with van der Waals surface area (Å²) in [7, 11) is 0. The predicted molar refractivity (Wildman–Crippen MR) is 102 cm³/mol. The summed E-state index contributed by atoms with van der Waals surface area (Å²) in [6.07, 6.45) is 2.43. The number of nitrogens with zero attached hydrogens (tertiary/aromatic N) is 2. The number of esters is 1. The van der Waals surface area contributed by atoms with Gasteiger partial charge in [-0.1, -0.05) is 24.0 Å². The molecule has 0 radical (unpaired) electrons. The van der Waals surface area contributed by atoms with Crippen molar-refractivity contribution in [2.45, 2.75) is 38.4 Å². The number of carbonyl (C=O) groups excluding carboxylic acids is 2. The fourth-order valence-corrected chi connectivity index (χ4v) is 4.32. The van der Waals surface area contributed by atoms with Crippen LogP contribution in [0.5, 0.6) is 0 Å². The van der Waals surface area contributed by atoms with E-state index in [9.17, 15) is 9.59 Å². The Hall–Kier alpha value is -1.19. The molecule has 9 heteroatoms. The molecule has 0 bridgehead atoms. The Morgan fingerprint density at radius 1 is 1.50 bits per heavy atom. The van der Waals surface area contributed by atoms with E-state index in [4.69, 9.17) is 17.0 Å². The van der Waals surface area contributed by atoms with Gasteiger partial charge in [0.2, 0.25) is 5.91 Å². The molecule has 24 heavy (non-hydrogen) atoms. The Balaban J connectivity index is 1.81. The summed E-state index contributed by atoms with van der Waals surface area (Å²) >= 11 is 8.09. The summed E-state index contributed by atoms with van der Waals surface area (Å²) in [4.78, 5) is 30.1. The second-order valence-electron chi connectivity index (χ2n) is 5.34. The largest absolute Gasteiger partial charge is 0.466 e. The van der Waals surface area contributed by atoms with Gasteiger partial charge in [0.15, 0.2) is 5.13 Å². The minimum atomic E-state index is -0.319. The molecule has 1 N–H and O–H groups in total. The third-order valence-corrected chi connectivity index (χ3v) is 5.80. The number of nitrogens with one attached hydrogen (secondary N) is 1. The van der Waals surface area contributed by atoms with E-state index in [-0.39, 0.29) is 23.5 Å². The van der Waals surface area contributed by atoms with Gasteiger partial charge in [-0.15, -0.1) is 11.3 Å². The van der Waals surface area contributed by atoms with Crippen molar-refractivity contribution in [3.63, 3.8) is 0 Å². The highest BCUT2D eigenvalue weighted by molar-refractivity contribution is 8.23. The number of thioether (sulfide) groups is 1. The van der Waals surface area contributed by atoms with Crippen LogP contribution in [0, 0.1) is 0 Å². The highest BCUT2D eigenvalue weighted by Crippen LogP contribution is 2.22. The molecule has 6 nitrogen and oxygen atoms in total. The summed E-state index contributed by atoms with van der Waals surface area (Å²) < 4.78 is 5.66. The first-order chi connectivity index (χ1) is 11.5. The number of hydrogen-bond donors (Lipinski definition) is 1. The smallest absolute Gasteiger partial charge is 0.311 e. The molecule has 1 saturated heterocycles. The van der Waals surface area contributed by atoms with Crippen LogP contribution in [0.3, 0.4) is 0 Å². The third-order valence-electron chi connectivity index (χ3n) is 3.42. The Kier molecular flexibility index (Phi) is 7.44. The molecular weight excluding hydrogens is 366 g/mol. The Morgan fingerprint density at radius 3 is 2.88 bits per heavy atom. The van der Waals surface area contributed by atoms with Crippen LogP contribution in [0.4, 0.5) is 5.13 Å². The summed E-state index contributed by atoms with van der Waals surface area (Å²) in [5.41, 5.74) is 0.599. The molecule has 1 fully saturated rings. The second kappa shape index (κ2) is 9.33. The van der Waals surface area contributed by atoms with Crippen molar-refractivity contribution < 1.29 is 14.3 Å². The van der Waals surface area contributed by atoms with Crippen molar-refractivity contribution in [3.8, 4) is 0 Å². The third kappa shape index (κ3) is 5.71. The van der Waals surface area contributed by atoms with Crippen LogP contribution in [0.1, 0.15) is 32.4 Å². The average Bonchev–Trinajstić information content (AvgIpc) is 3.19. The maximum Gasteiger partial charge on any atom is 0.311 e. The molecular formula is C15H21N3O3S3. The summed E-state index contributed by atoms with van der Waals surface area (Å²) in [5.74, 6) is -0.459. The quantitative estimate of drug-likeness (QED) is 0.594. The van der Waals surface area contributed by atoms with Gasteiger partial charge in [-0.05, 0) is 26.7 Å². The maximum atomic E-state index is 12.3. The normalized spacial score (nSPS) is 15.2. The SMILES string of the molecule is CCOC(=O)Cc1csc(NC(=O)C(C)SC(=S)N2CCCC2)n1. The molecule has 1 amide bonds. The number of carbonyl (C=O) groups is 2. The van der Waals surface area contributed by atoms with Crippen molar-refractivity contribution in [1.82, 2.24) is 9.88 Å². The molecule has 2 rings (SSSR count). The number of aromatic nitrogens is 1. The van der Waals surface area contributed by atoms with Crippen LogP contribution >= 0.6 is 35.3 Å². The van der Waals surface area contributed by atoms with Gasteiger partial charge in [-0.3, -0.25) is 9.59 Å². The van der Waals surface area contributed by atoms with Gasteiger partial charge in [0, 0.05) is 18.5 Å². The Morgan fingerprint density at radius 2 is 2.21 bits per heavy atom. The lowest BCUT2D eigenvalue weighted by molar-refractivity contribution is -0.142. The number of hydrogen-bond acceptors (Lipinski definition) is 7. The molecule has 132 valence electrons. The number of likely N-dealkylation sites (tertiary alicyclic amines) is 1. The molecule has 0 saturated carbocycles. The highest BCUT2D eigenvalue weighted by atomic mass is 32.2.